The highest BCUT2D eigenvalue weighted by molar-refractivity contribution is 5.94. The number of hydrogen-bond donors (Lipinski definition) is 2. The highest BCUT2D eigenvalue weighted by atomic mass is 16.5. The summed E-state index contributed by atoms with van der Waals surface area (Å²) >= 11 is 0. The molecule has 1 fully saturated rings. The molecule has 3 rings (SSSR count). The number of aryl methyl sites for hydroxylation is 1. The molecule has 26 heavy (non-hydrogen) atoms. The molecule has 2 aromatic rings. The molecule has 1 aliphatic heterocycles. The maximum absolute atomic E-state index is 12.2. The third-order valence-electron chi connectivity index (χ3n) is 4.50. The Balaban J connectivity index is 1.51. The number of morpholine rings is 1. The Hall–Kier alpha value is -2.44. The number of ether oxygens (including phenoxy) is 1. The van der Waals surface area contributed by atoms with Crippen molar-refractivity contribution < 1.29 is 9.53 Å². The first-order chi connectivity index (χ1) is 12.8. The van der Waals surface area contributed by atoms with Gasteiger partial charge in [0.1, 0.15) is 5.82 Å². The molecule has 0 atom stereocenters. The normalized spacial score (nSPS) is 14.8. The highest BCUT2D eigenvalue weighted by Gasteiger charge is 2.11. The first-order valence-electron chi connectivity index (χ1n) is 9.15. The van der Waals surface area contributed by atoms with E-state index in [0.29, 0.717) is 12.1 Å². The van der Waals surface area contributed by atoms with Gasteiger partial charge in [-0.2, -0.15) is 0 Å². The Morgan fingerprint density at radius 3 is 2.73 bits per heavy atom. The summed E-state index contributed by atoms with van der Waals surface area (Å²) in [5.74, 6) is 0.641. The number of amides is 1. The lowest BCUT2D eigenvalue weighted by Gasteiger charge is -2.26. The smallest absolute Gasteiger partial charge is 0.252 e. The van der Waals surface area contributed by atoms with Crippen molar-refractivity contribution in [3.8, 4) is 0 Å². The number of aromatic nitrogens is 1. The highest BCUT2D eigenvalue weighted by Crippen LogP contribution is 2.20. The predicted octanol–water partition coefficient (Wildman–Crippen LogP) is 2.45. The van der Waals surface area contributed by atoms with Gasteiger partial charge in [-0.05, 0) is 30.2 Å². The monoisotopic (exact) mass is 354 g/mol. The number of rotatable bonds is 7. The Labute approximate surface area is 154 Å². The topological polar surface area (TPSA) is 66.5 Å². The lowest BCUT2D eigenvalue weighted by molar-refractivity contribution is 0.0383. The van der Waals surface area contributed by atoms with Crippen LogP contribution in [-0.4, -0.2) is 55.2 Å². The zero-order valence-corrected chi connectivity index (χ0v) is 15.2. The number of nitrogens with zero attached hydrogens (tertiary/aromatic N) is 2. The van der Waals surface area contributed by atoms with Crippen LogP contribution in [0, 0.1) is 0 Å². The summed E-state index contributed by atoms with van der Waals surface area (Å²) in [5.41, 5.74) is 2.85. The van der Waals surface area contributed by atoms with E-state index >= 15 is 0 Å². The third kappa shape index (κ3) is 5.03. The minimum absolute atomic E-state index is 0.0914. The van der Waals surface area contributed by atoms with E-state index in [-0.39, 0.29) is 5.91 Å². The summed E-state index contributed by atoms with van der Waals surface area (Å²) in [6.45, 7) is 6.99. The van der Waals surface area contributed by atoms with E-state index in [1.807, 2.05) is 24.3 Å². The van der Waals surface area contributed by atoms with Crippen LogP contribution in [0.2, 0.25) is 0 Å². The summed E-state index contributed by atoms with van der Waals surface area (Å²) in [4.78, 5) is 18.9. The number of carbonyl (C=O) groups is 1. The first-order valence-corrected chi connectivity index (χ1v) is 9.15. The largest absolute Gasteiger partial charge is 0.379 e. The molecule has 0 saturated carbocycles. The predicted molar refractivity (Wildman–Crippen MR) is 103 cm³/mol. The number of nitrogens with one attached hydrogen (secondary N) is 2. The number of para-hydroxylation sites is 1. The number of pyridine rings is 1. The molecular formula is C20H26N4O2. The van der Waals surface area contributed by atoms with Gasteiger partial charge in [0.05, 0.1) is 18.8 Å². The Kier molecular flexibility index (Phi) is 6.57. The molecule has 6 nitrogen and oxygen atoms in total. The molecule has 2 N–H and O–H groups in total. The van der Waals surface area contributed by atoms with Gasteiger partial charge in [-0.1, -0.05) is 25.1 Å². The van der Waals surface area contributed by atoms with Crippen LogP contribution in [-0.2, 0) is 11.2 Å². The van der Waals surface area contributed by atoms with E-state index in [2.05, 4.69) is 33.5 Å². The summed E-state index contributed by atoms with van der Waals surface area (Å²) in [6.07, 6.45) is 2.56. The first kappa shape index (κ1) is 18.4. The van der Waals surface area contributed by atoms with Gasteiger partial charge in [0, 0.05) is 38.1 Å². The van der Waals surface area contributed by atoms with Crippen LogP contribution in [0.15, 0.2) is 42.6 Å². The van der Waals surface area contributed by atoms with Crippen molar-refractivity contribution >= 4 is 17.4 Å². The maximum atomic E-state index is 12.2. The van der Waals surface area contributed by atoms with E-state index in [1.165, 1.54) is 5.56 Å². The van der Waals surface area contributed by atoms with Crippen molar-refractivity contribution in [2.24, 2.45) is 0 Å². The third-order valence-corrected chi connectivity index (χ3v) is 4.50. The van der Waals surface area contributed by atoms with Crippen LogP contribution in [0.5, 0.6) is 0 Å². The van der Waals surface area contributed by atoms with Gasteiger partial charge in [-0.3, -0.25) is 9.69 Å². The van der Waals surface area contributed by atoms with Gasteiger partial charge in [0.2, 0.25) is 0 Å². The summed E-state index contributed by atoms with van der Waals surface area (Å²) in [5, 5.41) is 6.27. The molecular weight excluding hydrogens is 328 g/mol. The molecule has 6 heteroatoms. The maximum Gasteiger partial charge on any atom is 0.252 e. The van der Waals surface area contributed by atoms with E-state index < -0.39 is 0 Å². The average Bonchev–Trinajstić information content (AvgIpc) is 2.70. The summed E-state index contributed by atoms with van der Waals surface area (Å²) in [6, 6.07) is 11.8. The second-order valence-electron chi connectivity index (χ2n) is 6.28. The van der Waals surface area contributed by atoms with Crippen molar-refractivity contribution in [3.63, 3.8) is 0 Å². The number of carbonyl (C=O) groups excluding carboxylic acids is 1. The Bertz CT molecular complexity index is 712. The van der Waals surface area contributed by atoms with Gasteiger partial charge >= 0.3 is 0 Å². The summed E-state index contributed by atoms with van der Waals surface area (Å²) < 4.78 is 5.32. The molecule has 0 bridgehead atoms. The van der Waals surface area contributed by atoms with Crippen LogP contribution >= 0.6 is 0 Å². The number of benzene rings is 1. The second kappa shape index (κ2) is 9.31. The second-order valence-corrected chi connectivity index (χ2v) is 6.28. The van der Waals surface area contributed by atoms with E-state index in [1.54, 1.807) is 12.3 Å². The molecule has 0 unspecified atom stereocenters. The minimum Gasteiger partial charge on any atom is -0.379 e. The number of anilines is 2. The summed E-state index contributed by atoms with van der Waals surface area (Å²) in [7, 11) is 0. The van der Waals surface area contributed by atoms with Gasteiger partial charge in [0.15, 0.2) is 0 Å². The molecule has 1 aliphatic rings. The van der Waals surface area contributed by atoms with Crippen molar-refractivity contribution in [1.29, 1.82) is 0 Å². The molecule has 2 heterocycles. The van der Waals surface area contributed by atoms with Crippen molar-refractivity contribution in [1.82, 2.24) is 15.2 Å². The van der Waals surface area contributed by atoms with Crippen LogP contribution in [0.4, 0.5) is 11.5 Å². The molecule has 1 aromatic carbocycles. The van der Waals surface area contributed by atoms with E-state index in [4.69, 9.17) is 4.74 Å². The van der Waals surface area contributed by atoms with E-state index in [0.717, 1.165) is 50.8 Å². The fraction of sp³-hybridized carbons (Fsp3) is 0.400. The van der Waals surface area contributed by atoms with E-state index in [9.17, 15) is 4.79 Å². The Morgan fingerprint density at radius 1 is 1.19 bits per heavy atom. The zero-order chi connectivity index (χ0) is 18.2. The van der Waals surface area contributed by atoms with Gasteiger partial charge in [-0.15, -0.1) is 0 Å². The molecule has 0 aliphatic carbocycles. The average molecular weight is 354 g/mol. The molecule has 138 valence electrons. The van der Waals surface area contributed by atoms with Crippen molar-refractivity contribution in [3.05, 3.63) is 53.7 Å². The van der Waals surface area contributed by atoms with Crippen LogP contribution in [0.25, 0.3) is 0 Å². The fourth-order valence-corrected chi connectivity index (χ4v) is 2.95. The standard InChI is InChI=1S/C20H26N4O2/c1-2-16-5-3-4-6-18(16)23-19-8-7-17(15-22-19)20(25)21-9-10-24-11-13-26-14-12-24/h3-8,15H,2,9-14H2,1H3,(H,21,25)(H,22,23). The number of hydrogen-bond acceptors (Lipinski definition) is 5. The molecule has 1 amide bonds. The Morgan fingerprint density at radius 2 is 2.00 bits per heavy atom. The lowest BCUT2D eigenvalue weighted by atomic mass is 10.1. The SMILES string of the molecule is CCc1ccccc1Nc1ccc(C(=O)NCCN2CCOCC2)cn1. The van der Waals surface area contributed by atoms with Crippen molar-refractivity contribution in [2.75, 3.05) is 44.7 Å². The van der Waals surface area contributed by atoms with Gasteiger partial charge in [-0.25, -0.2) is 4.98 Å². The molecule has 0 spiro atoms. The lowest BCUT2D eigenvalue weighted by Crippen LogP contribution is -2.41. The minimum atomic E-state index is -0.0914. The van der Waals surface area contributed by atoms with Gasteiger partial charge < -0.3 is 15.4 Å². The van der Waals surface area contributed by atoms with Crippen LogP contribution in [0.3, 0.4) is 0 Å². The molecule has 1 saturated heterocycles. The van der Waals surface area contributed by atoms with Gasteiger partial charge in [0.25, 0.3) is 5.91 Å². The van der Waals surface area contributed by atoms with Crippen LogP contribution < -0.4 is 10.6 Å². The quantitative estimate of drug-likeness (QED) is 0.799. The zero-order valence-electron chi connectivity index (χ0n) is 15.2. The van der Waals surface area contributed by atoms with Crippen molar-refractivity contribution in [2.45, 2.75) is 13.3 Å². The fourth-order valence-electron chi connectivity index (χ4n) is 2.95. The van der Waals surface area contributed by atoms with Crippen LogP contribution in [0.1, 0.15) is 22.8 Å². The molecule has 1 aromatic heterocycles. The molecule has 0 radical (unpaired) electrons.